The van der Waals surface area contributed by atoms with Gasteiger partial charge in [0.2, 0.25) is 0 Å². The topological polar surface area (TPSA) is 334 Å². The van der Waals surface area contributed by atoms with E-state index < -0.39 is 17.9 Å². The van der Waals surface area contributed by atoms with Crippen molar-refractivity contribution in [2.75, 3.05) is 51.5 Å². The van der Waals surface area contributed by atoms with E-state index in [1.54, 1.807) is 90.4 Å². The number of hydrogen-bond acceptors (Lipinski definition) is 19. The molecule has 0 spiro atoms. The molecular formula is C65H57N15O11. The summed E-state index contributed by atoms with van der Waals surface area (Å²) in [5, 5.41) is 33.1. The first kappa shape index (κ1) is 63.4. The van der Waals surface area contributed by atoms with Gasteiger partial charge in [0.05, 0.1) is 89.3 Å². The van der Waals surface area contributed by atoms with Gasteiger partial charge >= 0.3 is 17.9 Å². The predicted octanol–water partition coefficient (Wildman–Crippen LogP) is 10.2. The first-order chi connectivity index (χ1) is 44.4. The van der Waals surface area contributed by atoms with Crippen molar-refractivity contribution in [2.45, 2.75) is 32.8 Å². The Morgan fingerprint density at radius 3 is 1.31 bits per heavy atom. The molecule has 458 valence electrons. The van der Waals surface area contributed by atoms with Crippen molar-refractivity contribution in [3.05, 3.63) is 249 Å². The van der Waals surface area contributed by atoms with E-state index in [0.29, 0.717) is 48.4 Å². The van der Waals surface area contributed by atoms with Crippen LogP contribution in [0.25, 0.3) is 42.8 Å². The monoisotopic (exact) mass is 1220 g/mol. The van der Waals surface area contributed by atoms with Gasteiger partial charge in [-0.2, -0.15) is 0 Å². The molecule has 0 saturated heterocycles. The Balaban J connectivity index is 0.000000162. The van der Waals surface area contributed by atoms with Crippen LogP contribution >= 0.6 is 0 Å². The van der Waals surface area contributed by atoms with Crippen molar-refractivity contribution in [2.24, 2.45) is 5.11 Å². The SMILES string of the molecule is COC(=O)c1ncccc1NC(=O)c1ccc(CN=[N+]=[N-])c2ccccc12.COCc1cn(Cc2ccc(C(=O)Nc3cccnc3C(=O)OC)c3ccccc23)nn1.COCc1cnnn1Cc1ccc(C(=O)Nc2cccnc2C(=O)OC)c2ccccc12. The van der Waals surface area contributed by atoms with E-state index in [1.165, 1.54) is 39.9 Å². The van der Waals surface area contributed by atoms with Crippen molar-refractivity contribution in [1.29, 1.82) is 0 Å². The molecule has 5 heterocycles. The molecule has 0 aliphatic heterocycles. The van der Waals surface area contributed by atoms with Gasteiger partial charge in [-0.25, -0.2) is 38.7 Å². The van der Waals surface area contributed by atoms with Crippen LogP contribution in [0.5, 0.6) is 0 Å². The maximum atomic E-state index is 13.1. The summed E-state index contributed by atoms with van der Waals surface area (Å²) in [6.45, 7) is 1.96. The highest BCUT2D eigenvalue weighted by atomic mass is 16.5. The van der Waals surface area contributed by atoms with Crippen LogP contribution in [-0.4, -0.2) is 116 Å². The fraction of sp³-hybridized carbons (Fsp3) is 0.154. The van der Waals surface area contributed by atoms with Crippen molar-refractivity contribution < 1.29 is 52.5 Å². The van der Waals surface area contributed by atoms with Crippen LogP contribution in [0, 0.1) is 0 Å². The number of benzene rings is 6. The highest BCUT2D eigenvalue weighted by Crippen LogP contribution is 2.29. The van der Waals surface area contributed by atoms with Crippen LogP contribution in [0.1, 0.15) is 90.6 Å². The summed E-state index contributed by atoms with van der Waals surface area (Å²) in [7, 11) is 7.01. The van der Waals surface area contributed by atoms with Gasteiger partial charge in [-0.15, -0.1) is 10.2 Å². The Morgan fingerprint density at radius 2 is 0.890 bits per heavy atom. The molecule has 0 radical (unpaired) electrons. The lowest BCUT2D eigenvalue weighted by Crippen LogP contribution is -2.17. The molecule has 3 amide bonds. The maximum absolute atomic E-state index is 13.1. The molecule has 91 heavy (non-hydrogen) atoms. The molecule has 26 nitrogen and oxygen atoms in total. The number of azide groups is 1. The number of nitrogens with zero attached hydrogens (tertiary/aromatic N) is 12. The van der Waals surface area contributed by atoms with Crippen LogP contribution in [0.15, 0.2) is 182 Å². The first-order valence-corrected chi connectivity index (χ1v) is 27.7. The number of aromatic nitrogens is 9. The van der Waals surface area contributed by atoms with Crippen LogP contribution in [-0.2, 0) is 56.5 Å². The lowest BCUT2D eigenvalue weighted by molar-refractivity contribution is 0.0586. The molecule has 0 aliphatic carbocycles. The number of carbonyl (C=O) groups is 6. The number of pyridine rings is 3. The molecular weight excluding hydrogens is 1170 g/mol. The third-order valence-electron chi connectivity index (χ3n) is 13.9. The molecule has 0 bridgehead atoms. The predicted molar refractivity (Wildman–Crippen MR) is 335 cm³/mol. The summed E-state index contributed by atoms with van der Waals surface area (Å²) in [6.07, 6.45) is 7.88. The summed E-state index contributed by atoms with van der Waals surface area (Å²) in [4.78, 5) is 89.6. The Kier molecular flexibility index (Phi) is 21.2. The van der Waals surface area contributed by atoms with Crippen LogP contribution in [0.4, 0.5) is 17.1 Å². The van der Waals surface area contributed by atoms with E-state index in [0.717, 1.165) is 55.0 Å². The van der Waals surface area contributed by atoms with Gasteiger partial charge < -0.3 is 39.6 Å². The smallest absolute Gasteiger partial charge is 0.358 e. The highest BCUT2D eigenvalue weighted by molar-refractivity contribution is 6.17. The van der Waals surface area contributed by atoms with Gasteiger partial charge in [-0.1, -0.05) is 107 Å². The Hall–Kier alpha value is -12.1. The number of anilines is 3. The average molecular weight is 1220 g/mol. The molecule has 0 saturated carbocycles. The van der Waals surface area contributed by atoms with Gasteiger partial charge in [0.15, 0.2) is 17.1 Å². The van der Waals surface area contributed by atoms with Crippen LogP contribution in [0.3, 0.4) is 0 Å². The average Bonchev–Trinajstić information content (AvgIpc) is 1.41. The zero-order valence-corrected chi connectivity index (χ0v) is 49.6. The summed E-state index contributed by atoms with van der Waals surface area (Å²) in [5.41, 5.74) is 15.2. The summed E-state index contributed by atoms with van der Waals surface area (Å²) in [6, 6.07) is 43.0. The second kappa shape index (κ2) is 30.5. The third kappa shape index (κ3) is 15.2. The number of fused-ring (bicyclic) bond motifs is 3. The number of ether oxygens (including phenoxy) is 5. The maximum Gasteiger partial charge on any atom is 0.358 e. The first-order valence-electron chi connectivity index (χ1n) is 27.7. The van der Waals surface area contributed by atoms with Crippen molar-refractivity contribution in [1.82, 2.24) is 44.9 Å². The normalized spacial score (nSPS) is 10.6. The summed E-state index contributed by atoms with van der Waals surface area (Å²) in [5.74, 6) is -2.98. The van der Waals surface area contributed by atoms with Gasteiger partial charge in [0.1, 0.15) is 5.69 Å². The Morgan fingerprint density at radius 1 is 0.484 bits per heavy atom. The zero-order chi connectivity index (χ0) is 64.2. The van der Waals surface area contributed by atoms with E-state index >= 15 is 0 Å². The minimum Gasteiger partial charge on any atom is -0.464 e. The molecule has 5 aromatic heterocycles. The van der Waals surface area contributed by atoms with E-state index in [2.05, 4.69) is 61.6 Å². The van der Waals surface area contributed by atoms with E-state index in [1.807, 2.05) is 91.1 Å². The molecule has 0 unspecified atom stereocenters. The molecule has 11 rings (SSSR count). The lowest BCUT2D eigenvalue weighted by atomic mass is 9.99. The lowest BCUT2D eigenvalue weighted by Gasteiger charge is -2.13. The number of rotatable bonds is 19. The molecule has 26 heteroatoms. The number of methoxy groups -OCH3 is 5. The quantitative estimate of drug-likeness (QED) is 0.0223. The number of hydrogen-bond donors (Lipinski definition) is 3. The van der Waals surface area contributed by atoms with Gasteiger partial charge in [-0.3, -0.25) is 14.4 Å². The second-order valence-electron chi connectivity index (χ2n) is 19.5. The molecule has 3 N–H and O–H groups in total. The van der Waals surface area contributed by atoms with Crippen molar-refractivity contribution >= 4 is 85.0 Å². The van der Waals surface area contributed by atoms with Crippen LogP contribution < -0.4 is 16.0 Å². The van der Waals surface area contributed by atoms with Gasteiger partial charge in [0.25, 0.3) is 17.7 Å². The fourth-order valence-electron chi connectivity index (χ4n) is 9.70. The van der Waals surface area contributed by atoms with E-state index in [4.69, 9.17) is 29.2 Å². The molecule has 0 atom stereocenters. The van der Waals surface area contributed by atoms with Crippen molar-refractivity contribution in [3.63, 3.8) is 0 Å². The van der Waals surface area contributed by atoms with E-state index in [9.17, 15) is 28.8 Å². The molecule has 6 aromatic carbocycles. The molecule has 11 aromatic rings. The largest absolute Gasteiger partial charge is 0.464 e. The minimum atomic E-state index is -0.638. The van der Waals surface area contributed by atoms with Crippen molar-refractivity contribution in [3.8, 4) is 0 Å². The number of nitrogens with one attached hydrogen (secondary N) is 3. The number of esters is 3. The Bertz CT molecular complexity index is 4550. The highest BCUT2D eigenvalue weighted by Gasteiger charge is 2.22. The van der Waals surface area contributed by atoms with Gasteiger partial charge in [0, 0.05) is 54.4 Å². The summed E-state index contributed by atoms with van der Waals surface area (Å²) >= 11 is 0. The standard InChI is InChI=1S/2C23H21N5O4.C19H15N5O3/c1-31-14-16-12-25-27-28(16)13-15-9-10-19(18-7-4-3-6-17(15)18)22(29)26-20-8-5-11-24-21(20)23(30)32-2;1-31-14-16-13-28(27-26-16)12-15-9-10-19(18-7-4-3-6-17(15)18)22(29)25-20-8-5-11-24-21(20)23(30)32-2;1-27-19(26)17-16(7-4-10-21-17)23-18(25)15-9-8-12(11-22-24-20)13-5-2-3-6-14(13)15/h3-12H,13-14H2,1-2H3,(H,26,29);3-11,13H,12,14H2,1-2H3,(H,25,29);2-10H,11H2,1H3,(H,23,25). The minimum absolute atomic E-state index is 0.0256. The fourth-order valence-corrected chi connectivity index (χ4v) is 9.70. The third-order valence-corrected chi connectivity index (χ3v) is 13.9. The number of carbonyl (C=O) groups excluding carboxylic acids is 6. The zero-order valence-electron chi connectivity index (χ0n) is 49.6. The summed E-state index contributed by atoms with van der Waals surface area (Å²) < 4.78 is 28.0. The van der Waals surface area contributed by atoms with E-state index in [-0.39, 0.29) is 58.4 Å². The molecule has 0 fully saturated rings. The second-order valence-corrected chi connectivity index (χ2v) is 19.5. The van der Waals surface area contributed by atoms with Crippen LogP contribution in [0.2, 0.25) is 0 Å². The van der Waals surface area contributed by atoms with Gasteiger partial charge in [-0.05, 0) is 109 Å². The molecule has 0 aliphatic rings. The Labute approximate surface area is 518 Å². The number of amides is 3.